The Bertz CT molecular complexity index is 824. The van der Waals surface area contributed by atoms with Gasteiger partial charge in [0.05, 0.1) is 19.3 Å². The second-order valence-corrected chi connectivity index (χ2v) is 4.92. The van der Waals surface area contributed by atoms with Crippen molar-refractivity contribution in [2.45, 2.75) is 6.92 Å². The number of benzene rings is 2. The van der Waals surface area contributed by atoms with Crippen LogP contribution >= 0.6 is 0 Å². The molecule has 0 unspecified atom stereocenters. The van der Waals surface area contributed by atoms with Gasteiger partial charge in [-0.15, -0.1) is 0 Å². The van der Waals surface area contributed by atoms with E-state index in [4.69, 9.17) is 4.74 Å². The highest BCUT2D eigenvalue weighted by Gasteiger charge is 2.30. The number of hydrogen-bond acceptors (Lipinski definition) is 4. The summed E-state index contributed by atoms with van der Waals surface area (Å²) in [4.78, 5) is 23.5. The molecule has 5 nitrogen and oxygen atoms in total. The van der Waals surface area contributed by atoms with Crippen LogP contribution in [-0.2, 0) is 4.74 Å². The molecule has 2 rings (SSSR count). The maximum atomic E-state index is 13.9. The molecule has 0 bridgehead atoms. The van der Waals surface area contributed by atoms with Crippen LogP contribution in [0.3, 0.4) is 0 Å². The highest BCUT2D eigenvalue weighted by Crippen LogP contribution is 2.30. The Hall–Kier alpha value is -3.10. The summed E-state index contributed by atoms with van der Waals surface area (Å²) in [5.74, 6) is -10.7. The third-order valence-electron chi connectivity index (χ3n) is 3.31. The lowest BCUT2D eigenvalue weighted by atomic mass is 10.1. The number of anilines is 1. The van der Waals surface area contributed by atoms with Crippen molar-refractivity contribution in [1.82, 2.24) is 0 Å². The van der Waals surface area contributed by atoms with Gasteiger partial charge in [-0.2, -0.15) is 8.78 Å². The Kier molecular flexibility index (Phi) is 5.81. The van der Waals surface area contributed by atoms with Gasteiger partial charge in [0.2, 0.25) is 11.6 Å². The van der Waals surface area contributed by atoms with Crippen molar-refractivity contribution in [1.29, 1.82) is 0 Å². The van der Waals surface area contributed by atoms with Crippen molar-refractivity contribution in [2.75, 3.05) is 19.0 Å². The van der Waals surface area contributed by atoms with Gasteiger partial charge < -0.3 is 14.8 Å². The molecule has 1 N–H and O–H groups in total. The highest BCUT2D eigenvalue weighted by molar-refractivity contribution is 6.05. The number of hydrogen-bond donors (Lipinski definition) is 1. The average molecular weight is 371 g/mol. The summed E-state index contributed by atoms with van der Waals surface area (Å²) in [5, 5.41) is 2.08. The van der Waals surface area contributed by atoms with E-state index in [0.29, 0.717) is 0 Å². The SMILES string of the molecule is CCOC(=O)c1ccc(NC(=O)c2c(F)c(F)c(OC)c(F)c2F)cc1. The van der Waals surface area contributed by atoms with Crippen LogP contribution in [0, 0.1) is 23.3 Å². The van der Waals surface area contributed by atoms with Crippen molar-refractivity contribution in [2.24, 2.45) is 0 Å². The molecule has 0 aliphatic carbocycles. The fourth-order valence-electron chi connectivity index (χ4n) is 2.09. The number of carbonyl (C=O) groups excluding carboxylic acids is 2. The van der Waals surface area contributed by atoms with Gasteiger partial charge in [-0.1, -0.05) is 0 Å². The largest absolute Gasteiger partial charge is 0.491 e. The monoisotopic (exact) mass is 371 g/mol. The molecule has 0 aromatic heterocycles. The molecule has 0 aliphatic rings. The molecule has 0 aliphatic heterocycles. The van der Waals surface area contributed by atoms with Crippen LogP contribution in [0.2, 0.25) is 0 Å². The summed E-state index contributed by atoms with van der Waals surface area (Å²) in [6.45, 7) is 1.80. The molecule has 26 heavy (non-hydrogen) atoms. The van der Waals surface area contributed by atoms with E-state index in [1.165, 1.54) is 24.3 Å². The molecular weight excluding hydrogens is 358 g/mol. The predicted molar refractivity (Wildman–Crippen MR) is 83.2 cm³/mol. The Morgan fingerprint density at radius 3 is 1.96 bits per heavy atom. The molecule has 2 aromatic carbocycles. The van der Waals surface area contributed by atoms with E-state index in [2.05, 4.69) is 10.1 Å². The molecule has 0 saturated heterocycles. The lowest BCUT2D eigenvalue weighted by Gasteiger charge is -2.11. The van der Waals surface area contributed by atoms with Gasteiger partial charge in [0.1, 0.15) is 5.56 Å². The second-order valence-electron chi connectivity index (χ2n) is 4.92. The highest BCUT2D eigenvalue weighted by atomic mass is 19.2. The Balaban J connectivity index is 2.30. The van der Waals surface area contributed by atoms with Crippen LogP contribution in [0.4, 0.5) is 23.2 Å². The van der Waals surface area contributed by atoms with Gasteiger partial charge in [0.15, 0.2) is 17.4 Å². The molecule has 0 saturated carbocycles. The Labute approximate surface area is 145 Å². The van der Waals surface area contributed by atoms with E-state index in [-0.39, 0.29) is 17.9 Å². The molecule has 0 heterocycles. The first-order chi connectivity index (χ1) is 12.3. The summed E-state index contributed by atoms with van der Waals surface area (Å²) in [5.41, 5.74) is -1.21. The van der Waals surface area contributed by atoms with Crippen LogP contribution in [0.5, 0.6) is 5.75 Å². The van der Waals surface area contributed by atoms with E-state index in [1.807, 2.05) is 0 Å². The number of rotatable bonds is 5. The van der Waals surface area contributed by atoms with Gasteiger partial charge in [-0.25, -0.2) is 13.6 Å². The number of halogens is 4. The third kappa shape index (κ3) is 3.61. The van der Waals surface area contributed by atoms with Crippen LogP contribution in [-0.4, -0.2) is 25.6 Å². The standard InChI is InChI=1S/C17H13F4NO4/c1-3-26-17(24)8-4-6-9(7-5-8)22-16(23)10-11(18)13(20)15(25-2)14(21)12(10)19/h4-7H,3H2,1-2H3,(H,22,23). The second kappa shape index (κ2) is 7.85. The lowest BCUT2D eigenvalue weighted by molar-refractivity contribution is 0.0526. The zero-order valence-corrected chi connectivity index (χ0v) is 13.7. The molecule has 138 valence electrons. The summed E-state index contributed by atoms with van der Waals surface area (Å²) < 4.78 is 64.2. The minimum Gasteiger partial charge on any atom is -0.491 e. The third-order valence-corrected chi connectivity index (χ3v) is 3.31. The number of methoxy groups -OCH3 is 1. The van der Waals surface area contributed by atoms with Crippen LogP contribution < -0.4 is 10.1 Å². The summed E-state index contributed by atoms with van der Waals surface area (Å²) in [6, 6.07) is 5.12. The van der Waals surface area contributed by atoms with Crippen molar-refractivity contribution < 1.29 is 36.6 Å². The van der Waals surface area contributed by atoms with E-state index in [1.54, 1.807) is 6.92 Å². The molecule has 9 heteroatoms. The van der Waals surface area contributed by atoms with E-state index in [9.17, 15) is 27.2 Å². The minimum atomic E-state index is -1.89. The van der Waals surface area contributed by atoms with Gasteiger partial charge in [-0.05, 0) is 31.2 Å². The maximum absolute atomic E-state index is 13.9. The topological polar surface area (TPSA) is 64.6 Å². The number of nitrogens with one attached hydrogen (secondary N) is 1. The normalized spacial score (nSPS) is 10.4. The minimum absolute atomic E-state index is 0.0403. The van der Waals surface area contributed by atoms with Crippen LogP contribution in [0.15, 0.2) is 24.3 Å². The van der Waals surface area contributed by atoms with Crippen LogP contribution in [0.25, 0.3) is 0 Å². The fraction of sp³-hybridized carbons (Fsp3) is 0.176. The Morgan fingerprint density at radius 2 is 1.50 bits per heavy atom. The number of amides is 1. The van der Waals surface area contributed by atoms with Gasteiger partial charge in [0.25, 0.3) is 5.91 Å². The smallest absolute Gasteiger partial charge is 0.338 e. The molecule has 0 spiro atoms. The van der Waals surface area contributed by atoms with E-state index >= 15 is 0 Å². The number of carbonyl (C=O) groups is 2. The molecule has 0 atom stereocenters. The molecular formula is C17H13F4NO4. The van der Waals surface area contributed by atoms with Gasteiger partial charge in [0, 0.05) is 5.69 Å². The van der Waals surface area contributed by atoms with Crippen molar-refractivity contribution in [3.63, 3.8) is 0 Å². The lowest BCUT2D eigenvalue weighted by Crippen LogP contribution is -2.19. The number of esters is 1. The van der Waals surface area contributed by atoms with Gasteiger partial charge >= 0.3 is 5.97 Å². The average Bonchev–Trinajstić information content (AvgIpc) is 2.61. The molecule has 1 amide bonds. The molecule has 0 radical (unpaired) electrons. The summed E-state index contributed by atoms with van der Waals surface area (Å²) in [6.07, 6.45) is 0. The number of ether oxygens (including phenoxy) is 2. The zero-order chi connectivity index (χ0) is 19.4. The maximum Gasteiger partial charge on any atom is 0.338 e. The molecule has 0 fully saturated rings. The van der Waals surface area contributed by atoms with Crippen molar-refractivity contribution in [3.05, 3.63) is 58.7 Å². The van der Waals surface area contributed by atoms with E-state index < -0.39 is 46.5 Å². The van der Waals surface area contributed by atoms with Crippen molar-refractivity contribution in [3.8, 4) is 5.75 Å². The van der Waals surface area contributed by atoms with Crippen molar-refractivity contribution >= 4 is 17.6 Å². The fourth-order valence-corrected chi connectivity index (χ4v) is 2.09. The quantitative estimate of drug-likeness (QED) is 0.495. The zero-order valence-electron chi connectivity index (χ0n) is 13.7. The van der Waals surface area contributed by atoms with E-state index in [0.717, 1.165) is 7.11 Å². The van der Waals surface area contributed by atoms with Crippen LogP contribution in [0.1, 0.15) is 27.6 Å². The molecule has 2 aromatic rings. The Morgan fingerprint density at radius 1 is 0.962 bits per heavy atom. The first-order valence-electron chi connectivity index (χ1n) is 7.30. The van der Waals surface area contributed by atoms with Gasteiger partial charge in [-0.3, -0.25) is 4.79 Å². The first-order valence-corrected chi connectivity index (χ1v) is 7.30. The summed E-state index contributed by atoms with van der Waals surface area (Å²) >= 11 is 0. The predicted octanol–water partition coefficient (Wildman–Crippen LogP) is 3.68. The summed E-state index contributed by atoms with van der Waals surface area (Å²) in [7, 11) is 0.825. The first kappa shape index (κ1) is 19.2.